The Labute approximate surface area is 117 Å². The largest absolute Gasteiger partial charge is 0.321 e. The highest BCUT2D eigenvalue weighted by atomic mass is 35.5. The van der Waals surface area contributed by atoms with Crippen LogP contribution in [0.25, 0.3) is 0 Å². The van der Waals surface area contributed by atoms with E-state index in [4.69, 9.17) is 17.3 Å². The standard InChI is InChI=1S/C13H18ClN5/c1-4-19-11(12(14)9(3)18-19)5-10(15)13-16-6-8(2)7-17-13/h6-7,10H,4-5,15H2,1-3H3. The fraction of sp³-hybridized carbons (Fsp3) is 0.462. The molecular formula is C13H18ClN5. The van der Waals surface area contributed by atoms with Crippen LogP contribution in [0.5, 0.6) is 0 Å². The molecule has 2 N–H and O–H groups in total. The molecule has 0 aliphatic rings. The number of nitrogens with two attached hydrogens (primary N) is 1. The van der Waals surface area contributed by atoms with Gasteiger partial charge in [0, 0.05) is 25.4 Å². The molecule has 2 heterocycles. The fourth-order valence-electron chi connectivity index (χ4n) is 1.96. The molecule has 0 amide bonds. The summed E-state index contributed by atoms with van der Waals surface area (Å²) in [4.78, 5) is 8.51. The molecule has 0 fully saturated rings. The van der Waals surface area contributed by atoms with E-state index in [0.29, 0.717) is 17.3 Å². The van der Waals surface area contributed by atoms with Crippen LogP contribution in [0.4, 0.5) is 0 Å². The van der Waals surface area contributed by atoms with Crippen molar-refractivity contribution in [2.75, 3.05) is 0 Å². The van der Waals surface area contributed by atoms with E-state index >= 15 is 0 Å². The van der Waals surface area contributed by atoms with Crippen molar-refractivity contribution >= 4 is 11.6 Å². The summed E-state index contributed by atoms with van der Waals surface area (Å²) in [7, 11) is 0. The maximum atomic E-state index is 6.27. The molecule has 0 aliphatic carbocycles. The average molecular weight is 280 g/mol. The van der Waals surface area contributed by atoms with Crippen LogP contribution in [0.15, 0.2) is 12.4 Å². The van der Waals surface area contributed by atoms with E-state index in [9.17, 15) is 0 Å². The highest BCUT2D eigenvalue weighted by molar-refractivity contribution is 6.31. The van der Waals surface area contributed by atoms with Crippen LogP contribution in [-0.2, 0) is 13.0 Å². The lowest BCUT2D eigenvalue weighted by atomic mass is 10.1. The molecule has 6 heteroatoms. The Kier molecular flexibility index (Phi) is 4.17. The molecule has 2 aromatic heterocycles. The Morgan fingerprint density at radius 3 is 2.53 bits per heavy atom. The molecule has 0 saturated heterocycles. The van der Waals surface area contributed by atoms with Crippen LogP contribution in [0.3, 0.4) is 0 Å². The summed E-state index contributed by atoms with van der Waals surface area (Å²) in [5, 5.41) is 5.06. The lowest BCUT2D eigenvalue weighted by Crippen LogP contribution is -2.19. The summed E-state index contributed by atoms with van der Waals surface area (Å²) in [6, 6.07) is -0.278. The zero-order valence-electron chi connectivity index (χ0n) is 11.4. The third-order valence-corrected chi connectivity index (χ3v) is 3.49. The van der Waals surface area contributed by atoms with E-state index in [1.807, 2.05) is 25.5 Å². The van der Waals surface area contributed by atoms with Crippen molar-refractivity contribution in [3.63, 3.8) is 0 Å². The summed E-state index contributed by atoms with van der Waals surface area (Å²) >= 11 is 6.27. The van der Waals surface area contributed by atoms with Gasteiger partial charge in [-0.2, -0.15) is 5.10 Å². The second-order valence-electron chi connectivity index (χ2n) is 4.59. The average Bonchev–Trinajstić information content (AvgIpc) is 2.67. The highest BCUT2D eigenvalue weighted by Gasteiger charge is 2.18. The molecule has 0 aromatic carbocycles. The molecule has 19 heavy (non-hydrogen) atoms. The lowest BCUT2D eigenvalue weighted by molar-refractivity contribution is 0.574. The van der Waals surface area contributed by atoms with E-state index in [1.165, 1.54) is 0 Å². The Morgan fingerprint density at radius 2 is 1.95 bits per heavy atom. The quantitative estimate of drug-likeness (QED) is 0.931. The van der Waals surface area contributed by atoms with Gasteiger partial charge < -0.3 is 5.73 Å². The number of hydrogen-bond acceptors (Lipinski definition) is 4. The minimum absolute atomic E-state index is 0.278. The van der Waals surface area contributed by atoms with Crippen LogP contribution < -0.4 is 5.73 Å². The Bertz CT molecular complexity index is 561. The molecule has 0 saturated carbocycles. The second-order valence-corrected chi connectivity index (χ2v) is 4.97. The van der Waals surface area contributed by atoms with E-state index in [0.717, 1.165) is 23.5 Å². The molecule has 1 atom stereocenters. The van der Waals surface area contributed by atoms with Crippen molar-refractivity contribution < 1.29 is 0 Å². The van der Waals surface area contributed by atoms with Gasteiger partial charge in [-0.15, -0.1) is 0 Å². The lowest BCUT2D eigenvalue weighted by Gasteiger charge is -2.11. The van der Waals surface area contributed by atoms with Crippen LogP contribution in [0.1, 0.15) is 35.7 Å². The van der Waals surface area contributed by atoms with Crippen molar-refractivity contribution in [2.45, 2.75) is 39.8 Å². The predicted molar refractivity (Wildman–Crippen MR) is 75.0 cm³/mol. The van der Waals surface area contributed by atoms with Gasteiger partial charge in [-0.05, 0) is 26.3 Å². The van der Waals surface area contributed by atoms with Crippen molar-refractivity contribution in [3.8, 4) is 0 Å². The predicted octanol–water partition coefficient (Wildman–Crippen LogP) is 2.21. The first kappa shape index (κ1) is 14.0. The minimum atomic E-state index is -0.278. The molecular weight excluding hydrogens is 262 g/mol. The number of hydrogen-bond donors (Lipinski definition) is 1. The van der Waals surface area contributed by atoms with E-state index in [-0.39, 0.29) is 6.04 Å². The monoisotopic (exact) mass is 279 g/mol. The van der Waals surface area contributed by atoms with Gasteiger partial charge in [0.15, 0.2) is 0 Å². The fourth-order valence-corrected chi connectivity index (χ4v) is 2.17. The molecule has 5 nitrogen and oxygen atoms in total. The first-order chi connectivity index (χ1) is 9.02. The topological polar surface area (TPSA) is 69.6 Å². The summed E-state index contributed by atoms with van der Waals surface area (Å²) < 4.78 is 1.88. The van der Waals surface area contributed by atoms with Gasteiger partial charge in [0.1, 0.15) is 5.82 Å². The van der Waals surface area contributed by atoms with E-state index in [1.54, 1.807) is 12.4 Å². The Morgan fingerprint density at radius 1 is 1.32 bits per heavy atom. The third-order valence-electron chi connectivity index (χ3n) is 3.00. The SMILES string of the molecule is CCn1nc(C)c(Cl)c1CC(N)c1ncc(C)cn1. The van der Waals surface area contributed by atoms with Gasteiger partial charge in [-0.25, -0.2) is 9.97 Å². The van der Waals surface area contributed by atoms with Gasteiger partial charge in [0.25, 0.3) is 0 Å². The maximum Gasteiger partial charge on any atom is 0.145 e. The van der Waals surface area contributed by atoms with Gasteiger partial charge in [-0.1, -0.05) is 11.6 Å². The van der Waals surface area contributed by atoms with Crippen LogP contribution in [-0.4, -0.2) is 19.7 Å². The Balaban J connectivity index is 2.23. The van der Waals surface area contributed by atoms with Crippen LogP contribution >= 0.6 is 11.6 Å². The van der Waals surface area contributed by atoms with Gasteiger partial charge >= 0.3 is 0 Å². The number of aromatic nitrogens is 4. The third kappa shape index (κ3) is 2.93. The van der Waals surface area contributed by atoms with Gasteiger partial charge in [0.05, 0.1) is 22.5 Å². The number of halogens is 1. The normalized spacial score (nSPS) is 12.7. The first-order valence-electron chi connectivity index (χ1n) is 6.28. The van der Waals surface area contributed by atoms with Gasteiger partial charge in [0.2, 0.25) is 0 Å². The van der Waals surface area contributed by atoms with Crippen LogP contribution in [0, 0.1) is 13.8 Å². The molecule has 0 radical (unpaired) electrons. The summed E-state index contributed by atoms with van der Waals surface area (Å²) in [6.45, 7) is 6.64. The molecule has 0 bridgehead atoms. The highest BCUT2D eigenvalue weighted by Crippen LogP contribution is 2.24. The minimum Gasteiger partial charge on any atom is -0.321 e. The van der Waals surface area contributed by atoms with Crippen molar-refractivity contribution in [1.29, 1.82) is 0 Å². The maximum absolute atomic E-state index is 6.27. The molecule has 102 valence electrons. The summed E-state index contributed by atoms with van der Waals surface area (Å²) in [5.41, 5.74) is 8.94. The molecule has 2 aromatic rings. The number of nitrogens with zero attached hydrogens (tertiary/aromatic N) is 4. The Hall–Kier alpha value is -1.46. The molecule has 0 spiro atoms. The number of rotatable bonds is 4. The van der Waals surface area contributed by atoms with Crippen molar-refractivity contribution in [2.24, 2.45) is 5.73 Å². The molecule has 0 aliphatic heterocycles. The zero-order chi connectivity index (χ0) is 14.0. The van der Waals surface area contributed by atoms with Gasteiger partial charge in [-0.3, -0.25) is 4.68 Å². The van der Waals surface area contributed by atoms with E-state index in [2.05, 4.69) is 15.1 Å². The zero-order valence-corrected chi connectivity index (χ0v) is 12.1. The van der Waals surface area contributed by atoms with E-state index < -0.39 is 0 Å². The van der Waals surface area contributed by atoms with Crippen molar-refractivity contribution in [3.05, 3.63) is 40.2 Å². The smallest absolute Gasteiger partial charge is 0.145 e. The molecule has 1 unspecified atom stereocenters. The summed E-state index contributed by atoms with van der Waals surface area (Å²) in [5.74, 6) is 0.628. The first-order valence-corrected chi connectivity index (χ1v) is 6.66. The van der Waals surface area contributed by atoms with Crippen LogP contribution in [0.2, 0.25) is 5.02 Å². The molecule has 2 rings (SSSR count). The summed E-state index contributed by atoms with van der Waals surface area (Å²) in [6.07, 6.45) is 4.12. The number of aryl methyl sites for hydroxylation is 3. The second kappa shape index (κ2) is 5.67. The van der Waals surface area contributed by atoms with Crippen molar-refractivity contribution in [1.82, 2.24) is 19.7 Å².